The van der Waals surface area contributed by atoms with Crippen LogP contribution in [0.2, 0.25) is 0 Å². The normalized spacial score (nSPS) is 12.0. The zero-order chi connectivity index (χ0) is 9.78. The van der Waals surface area contributed by atoms with Gasteiger partial charge in [-0.2, -0.15) is 0 Å². The van der Waals surface area contributed by atoms with Crippen LogP contribution < -0.4 is 0 Å². The summed E-state index contributed by atoms with van der Waals surface area (Å²) >= 11 is 21.1. The lowest BCUT2D eigenvalue weighted by Crippen LogP contribution is -2.12. The van der Waals surface area contributed by atoms with Crippen LogP contribution in [0.4, 0.5) is 0 Å². The zero-order valence-corrected chi connectivity index (χ0v) is 8.71. The van der Waals surface area contributed by atoms with E-state index in [0.717, 1.165) is 12.2 Å². The van der Waals surface area contributed by atoms with Gasteiger partial charge in [-0.1, -0.05) is 23.2 Å². The third-order valence-corrected chi connectivity index (χ3v) is 1.61. The van der Waals surface area contributed by atoms with Gasteiger partial charge in [-0.25, -0.2) is 0 Å². The fourth-order valence-corrected chi connectivity index (χ4v) is 1.21. The van der Waals surface area contributed by atoms with Crippen molar-refractivity contribution in [1.29, 1.82) is 0 Å². The molecule has 0 aliphatic carbocycles. The first-order chi connectivity index (χ1) is 5.33. The number of halogens is 4. The van der Waals surface area contributed by atoms with E-state index in [9.17, 15) is 9.59 Å². The summed E-state index contributed by atoms with van der Waals surface area (Å²) in [5.41, 5.74) is 0. The second-order valence-electron chi connectivity index (χ2n) is 1.93. The molecule has 0 heterocycles. The molecular formula is C6H4Cl4O2. The first kappa shape index (κ1) is 12.2. The smallest absolute Gasteiger partial charge is 0.244 e. The average molecular weight is 250 g/mol. The Morgan fingerprint density at radius 1 is 1.25 bits per heavy atom. The number of hydrogen-bond acceptors (Lipinski definition) is 2. The maximum atomic E-state index is 10.3. The summed E-state index contributed by atoms with van der Waals surface area (Å²) in [5.74, 6) is 0. The van der Waals surface area contributed by atoms with Gasteiger partial charge < -0.3 is 0 Å². The van der Waals surface area contributed by atoms with Crippen molar-refractivity contribution >= 4 is 56.9 Å². The van der Waals surface area contributed by atoms with Gasteiger partial charge in [-0.05, 0) is 35.4 Å². The molecule has 0 saturated carbocycles. The lowest BCUT2D eigenvalue weighted by atomic mass is 10.3. The fraction of sp³-hybridized carbons (Fsp3) is 0.333. The molecule has 0 spiro atoms. The Labute approximate surface area is 89.4 Å². The molecule has 0 aromatic heterocycles. The topological polar surface area (TPSA) is 34.1 Å². The van der Waals surface area contributed by atoms with Crippen molar-refractivity contribution in [1.82, 2.24) is 0 Å². The molecule has 0 fully saturated rings. The first-order valence-electron chi connectivity index (χ1n) is 2.78. The SMILES string of the molecule is O=C(Cl)/C=C/C(Cl)(Cl)CC(=O)Cl. The molecule has 0 aromatic carbocycles. The summed E-state index contributed by atoms with van der Waals surface area (Å²) < 4.78 is -1.47. The molecule has 6 heteroatoms. The molecule has 2 nitrogen and oxygen atoms in total. The number of rotatable bonds is 4. The van der Waals surface area contributed by atoms with Gasteiger partial charge in [-0.15, -0.1) is 0 Å². The van der Waals surface area contributed by atoms with Gasteiger partial charge in [-0.3, -0.25) is 9.59 Å². The molecule has 12 heavy (non-hydrogen) atoms. The van der Waals surface area contributed by atoms with Gasteiger partial charge in [0, 0.05) is 0 Å². The maximum Gasteiger partial charge on any atom is 0.244 e. The number of carbonyl (C=O) groups excluding carboxylic acids is 2. The minimum Gasteiger partial charge on any atom is -0.281 e. The number of allylic oxidation sites excluding steroid dienone is 2. The summed E-state index contributed by atoms with van der Waals surface area (Å²) in [4.78, 5) is 20.6. The van der Waals surface area contributed by atoms with Gasteiger partial charge >= 0.3 is 0 Å². The summed E-state index contributed by atoms with van der Waals surface area (Å²) in [6, 6.07) is 0. The van der Waals surface area contributed by atoms with Crippen LogP contribution in [0.1, 0.15) is 6.42 Å². The minimum absolute atomic E-state index is 0.279. The molecule has 0 bridgehead atoms. The van der Waals surface area contributed by atoms with Crippen molar-refractivity contribution in [2.75, 3.05) is 0 Å². The van der Waals surface area contributed by atoms with Crippen LogP contribution in [0, 0.1) is 0 Å². The molecule has 68 valence electrons. The van der Waals surface area contributed by atoms with Gasteiger partial charge in [0.2, 0.25) is 10.5 Å². The Morgan fingerprint density at radius 2 is 1.75 bits per heavy atom. The van der Waals surface area contributed by atoms with E-state index in [1.807, 2.05) is 0 Å². The monoisotopic (exact) mass is 248 g/mol. The van der Waals surface area contributed by atoms with Crippen LogP contribution in [-0.4, -0.2) is 14.8 Å². The zero-order valence-electron chi connectivity index (χ0n) is 5.69. The van der Waals surface area contributed by atoms with Crippen molar-refractivity contribution < 1.29 is 9.59 Å². The Kier molecular flexibility index (Phi) is 5.18. The van der Waals surface area contributed by atoms with Crippen LogP contribution in [-0.2, 0) is 9.59 Å². The van der Waals surface area contributed by atoms with E-state index in [0.29, 0.717) is 0 Å². The molecule has 0 aromatic rings. The quantitative estimate of drug-likeness (QED) is 0.436. The van der Waals surface area contributed by atoms with E-state index in [1.54, 1.807) is 0 Å². The van der Waals surface area contributed by atoms with Gasteiger partial charge in [0.15, 0.2) is 0 Å². The van der Waals surface area contributed by atoms with E-state index in [2.05, 4.69) is 0 Å². The van der Waals surface area contributed by atoms with Crippen LogP contribution in [0.25, 0.3) is 0 Å². The summed E-state index contributed by atoms with van der Waals surface area (Å²) in [7, 11) is 0. The number of hydrogen-bond donors (Lipinski definition) is 0. The molecule has 0 aliphatic heterocycles. The van der Waals surface area contributed by atoms with E-state index in [-0.39, 0.29) is 6.42 Å². The maximum absolute atomic E-state index is 10.3. The average Bonchev–Trinajstić information content (AvgIpc) is 1.81. The predicted octanol–water partition coefficient (Wildman–Crippen LogP) is 2.64. The van der Waals surface area contributed by atoms with Crippen LogP contribution in [0.3, 0.4) is 0 Å². The molecular weight excluding hydrogens is 246 g/mol. The molecule has 0 saturated heterocycles. The molecule has 0 unspecified atom stereocenters. The highest BCUT2D eigenvalue weighted by Crippen LogP contribution is 2.27. The van der Waals surface area contributed by atoms with E-state index in [4.69, 9.17) is 46.4 Å². The fourth-order valence-electron chi connectivity index (χ4n) is 0.432. The van der Waals surface area contributed by atoms with Crippen molar-refractivity contribution in [3.63, 3.8) is 0 Å². The second-order valence-corrected chi connectivity index (χ2v) is 4.27. The second kappa shape index (κ2) is 5.07. The molecule has 0 rings (SSSR count). The highest BCUT2D eigenvalue weighted by atomic mass is 35.5. The van der Waals surface area contributed by atoms with E-state index >= 15 is 0 Å². The van der Waals surface area contributed by atoms with Crippen LogP contribution in [0.15, 0.2) is 12.2 Å². The van der Waals surface area contributed by atoms with Crippen molar-refractivity contribution in [2.24, 2.45) is 0 Å². The molecule has 0 aliphatic rings. The van der Waals surface area contributed by atoms with Gasteiger partial charge in [0.25, 0.3) is 0 Å². The van der Waals surface area contributed by atoms with Gasteiger partial charge in [0.05, 0.1) is 6.42 Å². The Hall–Kier alpha value is 0.240. The van der Waals surface area contributed by atoms with Crippen LogP contribution >= 0.6 is 46.4 Å². The molecule has 0 radical (unpaired) electrons. The summed E-state index contributed by atoms with van der Waals surface area (Å²) in [6.45, 7) is 0. The summed E-state index contributed by atoms with van der Waals surface area (Å²) in [6.07, 6.45) is 1.78. The third-order valence-electron chi connectivity index (χ3n) is 0.833. The van der Waals surface area contributed by atoms with E-state index < -0.39 is 14.8 Å². The Morgan fingerprint density at radius 3 is 2.08 bits per heavy atom. The van der Waals surface area contributed by atoms with Crippen molar-refractivity contribution in [2.45, 2.75) is 10.8 Å². The Bertz CT molecular complexity index is 222. The van der Waals surface area contributed by atoms with Crippen LogP contribution in [0.5, 0.6) is 0 Å². The largest absolute Gasteiger partial charge is 0.281 e. The summed E-state index contributed by atoms with van der Waals surface area (Å²) in [5, 5.41) is -1.41. The first-order valence-corrected chi connectivity index (χ1v) is 4.29. The highest BCUT2D eigenvalue weighted by Gasteiger charge is 2.23. The number of alkyl halides is 2. The molecule has 0 N–H and O–H groups in total. The Balaban J connectivity index is 4.21. The standard InChI is InChI=1S/C6H4Cl4O2/c7-4(11)1-2-6(9,10)3-5(8)12/h1-2H,3H2/b2-1+. The van der Waals surface area contributed by atoms with E-state index in [1.165, 1.54) is 0 Å². The van der Waals surface area contributed by atoms with Crippen molar-refractivity contribution in [3.05, 3.63) is 12.2 Å². The molecule has 0 amide bonds. The lowest BCUT2D eigenvalue weighted by Gasteiger charge is -2.10. The van der Waals surface area contributed by atoms with Crippen molar-refractivity contribution in [3.8, 4) is 0 Å². The lowest BCUT2D eigenvalue weighted by molar-refractivity contribution is -0.111. The highest BCUT2D eigenvalue weighted by molar-refractivity contribution is 6.67. The minimum atomic E-state index is -1.47. The number of carbonyl (C=O) groups is 2. The third kappa shape index (κ3) is 6.92. The predicted molar refractivity (Wildman–Crippen MR) is 49.9 cm³/mol. The van der Waals surface area contributed by atoms with Gasteiger partial charge in [0.1, 0.15) is 4.33 Å². The molecule has 0 atom stereocenters.